The summed E-state index contributed by atoms with van der Waals surface area (Å²) in [6.07, 6.45) is 10.4. The molecule has 0 atom stereocenters. The predicted octanol–water partition coefficient (Wildman–Crippen LogP) is 6.95. The van der Waals surface area contributed by atoms with Gasteiger partial charge in [0.25, 0.3) is 0 Å². The Morgan fingerprint density at radius 2 is 1.30 bits per heavy atom. The molecule has 0 fully saturated rings. The van der Waals surface area contributed by atoms with Crippen molar-refractivity contribution in [3.8, 4) is 46.7 Å². The van der Waals surface area contributed by atoms with Crippen LogP contribution in [0.1, 0.15) is 33.9 Å². The van der Waals surface area contributed by atoms with E-state index in [1.807, 2.05) is 77.8 Å². The van der Waals surface area contributed by atoms with Gasteiger partial charge in [0.1, 0.15) is 12.4 Å². The van der Waals surface area contributed by atoms with Crippen LogP contribution in [0, 0.1) is 60.0 Å². The maximum atomic E-state index is 5.35. The van der Waals surface area contributed by atoms with Crippen LogP contribution >= 0.6 is 0 Å². The van der Waals surface area contributed by atoms with Gasteiger partial charge in [0.2, 0.25) is 0 Å². The summed E-state index contributed by atoms with van der Waals surface area (Å²) in [6, 6.07) is 23.8. The number of nitrogens with zero attached hydrogens (tertiary/aromatic N) is 7. The molecule has 0 aliphatic rings. The topological polar surface area (TPSA) is 92.8 Å². The molecule has 0 saturated heterocycles. The van der Waals surface area contributed by atoms with Crippen molar-refractivity contribution >= 4 is 0 Å². The average molecular weight is 803 g/mol. The molecule has 0 amide bonds. The number of benzene rings is 1. The molecule has 0 saturated carbocycles. The van der Waals surface area contributed by atoms with Gasteiger partial charge in [-0.05, 0) is 94.8 Å². The van der Waals surface area contributed by atoms with Gasteiger partial charge in [-0.15, -0.1) is 36.3 Å². The number of terminal acetylenes is 1. The fourth-order valence-corrected chi connectivity index (χ4v) is 4.34. The summed E-state index contributed by atoms with van der Waals surface area (Å²) < 4.78 is 14.3. The number of ether oxygens (including phenoxy) is 2. The number of hydrogen-bond donors (Lipinski definition) is 0. The molecule has 0 aliphatic heterocycles. The number of methoxy groups -OCH3 is 1. The molecule has 6 aromatic rings. The van der Waals surface area contributed by atoms with E-state index in [1.165, 1.54) is 11.1 Å². The van der Waals surface area contributed by atoms with Gasteiger partial charge in [0.05, 0.1) is 18.5 Å². The maximum Gasteiger partial charge on any atom is 1.00 e. The summed E-state index contributed by atoms with van der Waals surface area (Å²) in [4.78, 5) is 12.8. The van der Waals surface area contributed by atoms with E-state index in [1.54, 1.807) is 37.8 Å². The van der Waals surface area contributed by atoms with Crippen LogP contribution in [0.2, 0.25) is 0 Å². The molecule has 1 radical (unpaired) electrons. The van der Waals surface area contributed by atoms with Crippen LogP contribution in [-0.4, -0.2) is 48.2 Å². The molecule has 5 heterocycles. The van der Waals surface area contributed by atoms with Crippen LogP contribution < -0.4 is 9.47 Å². The second-order valence-electron chi connectivity index (χ2n) is 10.3. The minimum Gasteiger partial charge on any atom is -0.516 e. The van der Waals surface area contributed by atoms with Gasteiger partial charge >= 0.3 is 19.8 Å². The molecule has 241 valence electrons. The number of aromatic nitrogens is 7. The van der Waals surface area contributed by atoms with Gasteiger partial charge in [-0.1, -0.05) is 18.1 Å². The van der Waals surface area contributed by atoms with Crippen molar-refractivity contribution in [1.29, 1.82) is 0 Å². The standard InChI is InChI=1S/C15H12NO2.2C11H13N3.Os/c1-3-9-18-14-7-8-16-15(11-14)12-5-4-6-13(10-12)17-2;2*1-8-9(2)13-14(10(8)3)11-6-4-5-7-12-11;/h1,4,6-8,10-11H,9H2,2H3;2*4-7H,1-3H3;/q-1;;;+1. The normalized spacial score (nSPS) is 9.91. The Hall–Kier alpha value is -5.11. The Bertz CT molecular complexity index is 1830. The van der Waals surface area contributed by atoms with Crippen LogP contribution in [-0.2, 0) is 19.8 Å². The fraction of sp³-hybridized carbons (Fsp3) is 0.216. The second-order valence-corrected chi connectivity index (χ2v) is 10.3. The third-order valence-electron chi connectivity index (χ3n) is 7.38. The van der Waals surface area contributed by atoms with E-state index >= 15 is 0 Å². The zero-order chi connectivity index (χ0) is 33.1. The van der Waals surface area contributed by atoms with Gasteiger partial charge in [0.15, 0.2) is 11.6 Å². The smallest absolute Gasteiger partial charge is 0.516 e. The third-order valence-corrected chi connectivity index (χ3v) is 7.38. The number of hydrogen-bond acceptors (Lipinski definition) is 7. The molecular formula is C37H38N7O2Os. The Labute approximate surface area is 290 Å². The summed E-state index contributed by atoms with van der Waals surface area (Å²) in [5, 5.41) is 8.87. The Kier molecular flexibility index (Phi) is 13.6. The van der Waals surface area contributed by atoms with Crippen molar-refractivity contribution in [3.05, 3.63) is 125 Å². The first kappa shape index (κ1) is 36.4. The quantitative estimate of drug-likeness (QED) is 0.133. The summed E-state index contributed by atoms with van der Waals surface area (Å²) in [7, 11) is 1.62. The van der Waals surface area contributed by atoms with Crippen molar-refractivity contribution in [1.82, 2.24) is 34.5 Å². The first-order valence-electron chi connectivity index (χ1n) is 14.7. The minimum atomic E-state index is 0. The Morgan fingerprint density at radius 3 is 1.74 bits per heavy atom. The minimum absolute atomic E-state index is 0. The Morgan fingerprint density at radius 1 is 0.723 bits per heavy atom. The summed E-state index contributed by atoms with van der Waals surface area (Å²) >= 11 is 0. The third kappa shape index (κ3) is 9.45. The molecule has 47 heavy (non-hydrogen) atoms. The fourth-order valence-electron chi connectivity index (χ4n) is 4.34. The molecule has 10 heteroatoms. The molecule has 5 aromatic heterocycles. The van der Waals surface area contributed by atoms with Crippen LogP contribution in [0.25, 0.3) is 22.9 Å². The summed E-state index contributed by atoms with van der Waals surface area (Å²) in [6.45, 7) is 12.6. The van der Waals surface area contributed by atoms with Gasteiger partial charge in [-0.3, -0.25) is 0 Å². The van der Waals surface area contributed by atoms with E-state index in [4.69, 9.17) is 15.9 Å². The van der Waals surface area contributed by atoms with Gasteiger partial charge in [-0.2, -0.15) is 10.2 Å². The van der Waals surface area contributed by atoms with Crippen LogP contribution in [0.4, 0.5) is 0 Å². The zero-order valence-electron chi connectivity index (χ0n) is 27.7. The van der Waals surface area contributed by atoms with Crippen molar-refractivity contribution in [2.75, 3.05) is 13.7 Å². The average Bonchev–Trinajstić information content (AvgIpc) is 3.52. The largest absolute Gasteiger partial charge is 1.00 e. The van der Waals surface area contributed by atoms with Crippen molar-refractivity contribution in [3.63, 3.8) is 0 Å². The molecule has 0 unspecified atom stereocenters. The summed E-state index contributed by atoms with van der Waals surface area (Å²) in [5.74, 6) is 5.63. The van der Waals surface area contributed by atoms with Crippen LogP contribution in [0.15, 0.2) is 85.3 Å². The molecule has 9 nitrogen and oxygen atoms in total. The predicted molar refractivity (Wildman–Crippen MR) is 181 cm³/mol. The van der Waals surface area contributed by atoms with E-state index in [0.29, 0.717) is 5.75 Å². The number of rotatable bonds is 6. The molecule has 0 N–H and O–H groups in total. The van der Waals surface area contributed by atoms with Gasteiger partial charge < -0.3 is 14.5 Å². The maximum absolute atomic E-state index is 5.35. The molecule has 1 aromatic carbocycles. The monoisotopic (exact) mass is 804 g/mol. The number of pyridine rings is 3. The van der Waals surface area contributed by atoms with Crippen molar-refractivity contribution < 1.29 is 29.3 Å². The van der Waals surface area contributed by atoms with E-state index in [0.717, 1.165) is 51.4 Å². The molecule has 0 spiro atoms. The van der Waals surface area contributed by atoms with Crippen LogP contribution in [0.5, 0.6) is 11.5 Å². The first-order valence-corrected chi connectivity index (χ1v) is 14.7. The van der Waals surface area contributed by atoms with Crippen molar-refractivity contribution in [2.24, 2.45) is 0 Å². The molecule has 6 rings (SSSR count). The van der Waals surface area contributed by atoms with E-state index in [2.05, 4.69) is 64.8 Å². The number of aryl methyl sites for hydroxylation is 2. The Balaban J connectivity index is 0.000000192. The van der Waals surface area contributed by atoms with E-state index in [-0.39, 0.29) is 26.4 Å². The van der Waals surface area contributed by atoms with Crippen molar-refractivity contribution in [2.45, 2.75) is 41.5 Å². The molecular weight excluding hydrogens is 765 g/mol. The first-order chi connectivity index (χ1) is 22.2. The second kappa shape index (κ2) is 17.5. The molecule has 0 aliphatic carbocycles. The van der Waals surface area contributed by atoms with Gasteiger partial charge in [-0.25, -0.2) is 19.3 Å². The summed E-state index contributed by atoms with van der Waals surface area (Å²) in [5.41, 5.74) is 8.51. The van der Waals surface area contributed by atoms with E-state index < -0.39 is 0 Å². The SMILES string of the molecule is C#CCOc1ccnc(-c2[c-]ccc(OC)c2)c1.Cc1nn(-c2ccccn2)c(C)c1C.Cc1nn(-c2ccccn2)c(C)c1C.[Os+]. The van der Waals surface area contributed by atoms with E-state index in [9.17, 15) is 0 Å². The molecule has 0 bridgehead atoms. The van der Waals surface area contributed by atoms with Crippen LogP contribution in [0.3, 0.4) is 0 Å². The zero-order valence-corrected chi connectivity index (χ0v) is 30.2. The van der Waals surface area contributed by atoms with Gasteiger partial charge in [0, 0.05) is 35.7 Å².